The summed E-state index contributed by atoms with van der Waals surface area (Å²) in [6, 6.07) is 10.0. The summed E-state index contributed by atoms with van der Waals surface area (Å²) < 4.78 is 5.63. The molecule has 0 unspecified atom stereocenters. The summed E-state index contributed by atoms with van der Waals surface area (Å²) in [5.41, 5.74) is 5.66. The number of carbonyl (C=O) groups excluding carboxylic acids is 1. The van der Waals surface area contributed by atoms with Crippen molar-refractivity contribution in [2.45, 2.75) is 58.3 Å². The maximum absolute atomic E-state index is 14.1. The second-order valence-electron chi connectivity index (χ2n) is 11.6. The number of aromatic nitrogens is 4. The molecule has 3 aliphatic rings. The largest absolute Gasteiger partial charge is 0.396 e. The number of anilines is 2. The van der Waals surface area contributed by atoms with Crippen molar-refractivity contribution in [2.24, 2.45) is 5.92 Å². The van der Waals surface area contributed by atoms with Crippen LogP contribution < -0.4 is 9.80 Å². The van der Waals surface area contributed by atoms with Crippen molar-refractivity contribution in [3.8, 4) is 0 Å². The smallest absolute Gasteiger partial charge is 0.261 e. The molecule has 1 saturated heterocycles. The first-order valence-electron chi connectivity index (χ1n) is 14.6. The Kier molecular flexibility index (Phi) is 7.25. The van der Waals surface area contributed by atoms with Gasteiger partial charge in [0.15, 0.2) is 0 Å². The lowest BCUT2D eigenvalue weighted by Gasteiger charge is -2.33. The number of fused-ring (bicyclic) bond motifs is 3. The fourth-order valence-electron chi connectivity index (χ4n) is 6.00. The number of hydrogen-bond donors (Lipinski definition) is 1. The molecule has 216 valence electrons. The predicted octanol–water partition coefficient (Wildman–Crippen LogP) is 5.34. The molecule has 1 N–H and O–H groups in total. The number of hydrogen-bond acceptors (Lipinski definition) is 8. The van der Waals surface area contributed by atoms with Crippen molar-refractivity contribution in [2.75, 3.05) is 29.5 Å². The molecule has 2 aliphatic heterocycles. The van der Waals surface area contributed by atoms with E-state index < -0.39 is 0 Å². The lowest BCUT2D eigenvalue weighted by Crippen LogP contribution is -2.36. The fraction of sp³-hybridized carbons (Fsp3) is 0.406. The Bertz CT molecular complexity index is 1650. The number of pyridine rings is 2. The normalized spacial score (nSPS) is 17.1. The highest BCUT2D eigenvalue weighted by Crippen LogP contribution is 2.38. The van der Waals surface area contributed by atoms with Gasteiger partial charge in [0.05, 0.1) is 42.2 Å². The standard InChI is InChI=1S/C32H33ClN6O3/c1-19-28(6-7-29(36-19)38-10-8-20(16-40)9-11-38)39(32(41)23-13-34-31(35-14-23)22-3-4-22)15-21-2-5-24-25-17-42-18-26(25)30(33)37-27(24)12-21/h2,5-7,12-14,20,22,40H,3-4,8-11,15-18H2,1H3. The van der Waals surface area contributed by atoms with Gasteiger partial charge in [0.25, 0.3) is 5.91 Å². The number of benzene rings is 1. The Balaban J connectivity index is 1.22. The molecule has 42 heavy (non-hydrogen) atoms. The van der Waals surface area contributed by atoms with Crippen LogP contribution in [0, 0.1) is 12.8 Å². The molecule has 0 radical (unpaired) electrons. The van der Waals surface area contributed by atoms with E-state index >= 15 is 0 Å². The summed E-state index contributed by atoms with van der Waals surface area (Å²) in [6.45, 7) is 5.19. The van der Waals surface area contributed by atoms with Crippen molar-refractivity contribution in [1.82, 2.24) is 19.9 Å². The summed E-state index contributed by atoms with van der Waals surface area (Å²) >= 11 is 6.49. The van der Waals surface area contributed by atoms with Crippen LogP contribution in [0.25, 0.3) is 10.9 Å². The molecule has 10 heteroatoms. The van der Waals surface area contributed by atoms with Crippen LogP contribution in [0.5, 0.6) is 0 Å². The first-order valence-corrected chi connectivity index (χ1v) is 15.0. The number of halogens is 1. The lowest BCUT2D eigenvalue weighted by atomic mass is 9.98. The lowest BCUT2D eigenvalue weighted by molar-refractivity contribution is 0.0984. The monoisotopic (exact) mass is 584 g/mol. The Labute approximate surface area is 249 Å². The first-order chi connectivity index (χ1) is 20.5. The third-order valence-corrected chi connectivity index (χ3v) is 9.00. The second-order valence-corrected chi connectivity index (χ2v) is 11.9. The van der Waals surface area contributed by atoms with E-state index in [9.17, 15) is 9.90 Å². The maximum atomic E-state index is 14.1. The van der Waals surface area contributed by atoms with Crippen molar-refractivity contribution in [3.63, 3.8) is 0 Å². The third kappa shape index (κ3) is 5.21. The molecule has 1 amide bonds. The number of ether oxygens (including phenoxy) is 1. The highest BCUT2D eigenvalue weighted by Gasteiger charge is 2.28. The van der Waals surface area contributed by atoms with Crippen LogP contribution in [0.2, 0.25) is 5.15 Å². The maximum Gasteiger partial charge on any atom is 0.261 e. The molecule has 0 spiro atoms. The van der Waals surface area contributed by atoms with Crippen molar-refractivity contribution in [3.05, 3.63) is 81.7 Å². The van der Waals surface area contributed by atoms with Gasteiger partial charge in [-0.25, -0.2) is 19.9 Å². The van der Waals surface area contributed by atoms with Gasteiger partial charge in [-0.3, -0.25) is 4.79 Å². The van der Waals surface area contributed by atoms with Crippen molar-refractivity contribution in [1.29, 1.82) is 0 Å². The number of amides is 1. The Morgan fingerprint density at radius 1 is 1.05 bits per heavy atom. The SMILES string of the molecule is Cc1nc(N2CCC(CO)CC2)ccc1N(Cc1ccc2c3c(c(Cl)nc2c1)COC3)C(=O)c1cnc(C2CC2)nc1. The van der Waals surface area contributed by atoms with Crippen LogP contribution in [0.3, 0.4) is 0 Å². The van der Waals surface area contributed by atoms with Gasteiger partial charge in [-0.2, -0.15) is 0 Å². The number of nitrogens with zero attached hydrogens (tertiary/aromatic N) is 6. The van der Waals surface area contributed by atoms with Gasteiger partial charge >= 0.3 is 0 Å². The minimum absolute atomic E-state index is 0.188. The topological polar surface area (TPSA) is 105 Å². The molecule has 1 aromatic carbocycles. The summed E-state index contributed by atoms with van der Waals surface area (Å²) in [4.78, 5) is 36.6. The van der Waals surface area contributed by atoms with Gasteiger partial charge < -0.3 is 19.6 Å². The number of piperidine rings is 1. The molecule has 1 saturated carbocycles. The van der Waals surface area contributed by atoms with E-state index in [1.54, 1.807) is 17.3 Å². The van der Waals surface area contributed by atoms with Crippen LogP contribution >= 0.6 is 11.6 Å². The minimum Gasteiger partial charge on any atom is -0.396 e. The van der Waals surface area contributed by atoms with Gasteiger partial charge in [0, 0.05) is 49.0 Å². The van der Waals surface area contributed by atoms with Gasteiger partial charge in [-0.15, -0.1) is 0 Å². The highest BCUT2D eigenvalue weighted by molar-refractivity contribution is 6.30. The highest BCUT2D eigenvalue weighted by atomic mass is 35.5. The van der Waals surface area contributed by atoms with Gasteiger partial charge in [-0.1, -0.05) is 23.7 Å². The number of aryl methyl sites for hydroxylation is 1. The molecule has 9 nitrogen and oxygen atoms in total. The van der Waals surface area contributed by atoms with Crippen LogP contribution in [-0.2, 0) is 24.5 Å². The third-order valence-electron chi connectivity index (χ3n) is 8.69. The molecule has 1 aliphatic carbocycles. The van der Waals surface area contributed by atoms with Gasteiger partial charge in [0.1, 0.15) is 16.8 Å². The Morgan fingerprint density at radius 2 is 1.81 bits per heavy atom. The molecule has 2 fully saturated rings. The van der Waals surface area contributed by atoms with Crippen molar-refractivity contribution >= 4 is 39.9 Å². The molecular formula is C32H33ClN6O3. The van der Waals surface area contributed by atoms with E-state index in [1.807, 2.05) is 37.3 Å². The van der Waals surface area contributed by atoms with Crippen LogP contribution in [0.1, 0.15) is 70.2 Å². The summed E-state index contributed by atoms with van der Waals surface area (Å²) in [5.74, 6) is 2.27. The minimum atomic E-state index is -0.188. The second kappa shape index (κ2) is 11.2. The van der Waals surface area contributed by atoms with Crippen LogP contribution in [0.15, 0.2) is 42.7 Å². The zero-order valence-electron chi connectivity index (χ0n) is 23.6. The summed E-state index contributed by atoms with van der Waals surface area (Å²) in [5, 5.41) is 11.0. The molecule has 3 aromatic heterocycles. The number of aliphatic hydroxyl groups excluding tert-OH is 1. The van der Waals surface area contributed by atoms with Crippen LogP contribution in [0.4, 0.5) is 11.5 Å². The number of rotatable bonds is 7. The molecule has 0 atom stereocenters. The van der Waals surface area contributed by atoms with E-state index in [0.29, 0.717) is 42.3 Å². The molecule has 4 aromatic rings. The van der Waals surface area contributed by atoms with Crippen molar-refractivity contribution < 1.29 is 14.6 Å². The first kappa shape index (κ1) is 27.2. The average Bonchev–Trinajstić information content (AvgIpc) is 3.75. The quantitative estimate of drug-likeness (QED) is 0.290. The summed E-state index contributed by atoms with van der Waals surface area (Å²) in [6.07, 6.45) is 7.37. The average molecular weight is 585 g/mol. The predicted molar refractivity (Wildman–Crippen MR) is 161 cm³/mol. The number of aliphatic hydroxyl groups is 1. The molecule has 5 heterocycles. The molecular weight excluding hydrogens is 552 g/mol. The zero-order chi connectivity index (χ0) is 28.8. The summed E-state index contributed by atoms with van der Waals surface area (Å²) in [7, 11) is 0. The van der Waals surface area contributed by atoms with Gasteiger partial charge in [-0.05, 0) is 67.9 Å². The van der Waals surface area contributed by atoms with E-state index in [4.69, 9.17) is 21.3 Å². The van der Waals surface area contributed by atoms with E-state index in [2.05, 4.69) is 19.9 Å². The Hall–Kier alpha value is -3.66. The number of carbonyl (C=O) groups is 1. The molecule has 7 rings (SSSR count). The van der Waals surface area contributed by atoms with E-state index in [-0.39, 0.29) is 12.5 Å². The molecule has 0 bridgehead atoms. The zero-order valence-corrected chi connectivity index (χ0v) is 24.3. The van der Waals surface area contributed by atoms with Crippen LogP contribution in [-0.4, -0.2) is 50.6 Å². The van der Waals surface area contributed by atoms with E-state index in [0.717, 1.165) is 89.4 Å². The fourth-order valence-corrected chi connectivity index (χ4v) is 6.26. The van der Waals surface area contributed by atoms with Gasteiger partial charge in [0.2, 0.25) is 0 Å². The Morgan fingerprint density at radius 3 is 2.52 bits per heavy atom. The van der Waals surface area contributed by atoms with E-state index in [1.165, 1.54) is 0 Å².